The second-order valence-corrected chi connectivity index (χ2v) is 7.16. The number of pyridine rings is 1. The van der Waals surface area contributed by atoms with E-state index < -0.39 is 10.8 Å². The van der Waals surface area contributed by atoms with Crippen molar-refractivity contribution in [2.24, 2.45) is 0 Å². The first-order chi connectivity index (χ1) is 9.43. The van der Waals surface area contributed by atoms with Crippen LogP contribution >= 0.6 is 11.6 Å². The summed E-state index contributed by atoms with van der Waals surface area (Å²) in [6.07, 6.45) is 1.70. The van der Waals surface area contributed by atoms with Gasteiger partial charge in [-0.25, -0.2) is 4.98 Å². The molecule has 20 heavy (non-hydrogen) atoms. The molecular weight excluding hydrogens is 298 g/mol. The van der Waals surface area contributed by atoms with E-state index in [0.29, 0.717) is 18.1 Å². The molecule has 0 radical (unpaired) electrons. The van der Waals surface area contributed by atoms with Crippen molar-refractivity contribution in [1.29, 1.82) is 0 Å². The number of nitrogens with zero attached hydrogens (tertiary/aromatic N) is 3. The van der Waals surface area contributed by atoms with Gasteiger partial charge in [-0.3, -0.25) is 4.21 Å². The highest BCUT2D eigenvalue weighted by atomic mass is 35.5. The van der Waals surface area contributed by atoms with E-state index in [9.17, 15) is 4.21 Å². The Morgan fingerprint density at radius 3 is 2.65 bits per heavy atom. The predicted octanol–water partition coefficient (Wildman–Crippen LogP) is 2.51. The third kappa shape index (κ3) is 2.96. The summed E-state index contributed by atoms with van der Waals surface area (Å²) in [4.78, 5) is 8.94. The van der Waals surface area contributed by atoms with Crippen LogP contribution in [0.25, 0.3) is 11.2 Å². The van der Waals surface area contributed by atoms with Crippen molar-refractivity contribution in [2.45, 2.75) is 31.0 Å². The first-order valence-corrected chi connectivity index (χ1v) is 8.37. The van der Waals surface area contributed by atoms with E-state index in [4.69, 9.17) is 16.3 Å². The lowest BCUT2D eigenvalue weighted by Gasteiger charge is -2.14. The van der Waals surface area contributed by atoms with Gasteiger partial charge in [-0.15, -0.1) is 11.6 Å². The maximum atomic E-state index is 11.6. The fourth-order valence-electron chi connectivity index (χ4n) is 1.96. The summed E-state index contributed by atoms with van der Waals surface area (Å²) in [5.41, 5.74) is 1.48. The van der Waals surface area contributed by atoms with Gasteiger partial charge in [0.1, 0.15) is 11.3 Å². The van der Waals surface area contributed by atoms with E-state index in [2.05, 4.69) is 9.97 Å². The molecule has 0 aromatic carbocycles. The molecular formula is C13H18ClN3O2S. The predicted molar refractivity (Wildman–Crippen MR) is 81.9 cm³/mol. The van der Waals surface area contributed by atoms with Gasteiger partial charge in [-0.05, 0) is 19.9 Å². The number of ether oxygens (including phenoxy) is 1. The molecule has 0 aliphatic carbocycles. The molecule has 7 heteroatoms. The molecule has 0 aliphatic rings. The van der Waals surface area contributed by atoms with Crippen LogP contribution in [-0.4, -0.2) is 37.4 Å². The third-order valence-electron chi connectivity index (χ3n) is 3.17. The Balaban J connectivity index is 2.57. The van der Waals surface area contributed by atoms with Gasteiger partial charge in [0.25, 0.3) is 0 Å². The number of fused-ring (bicyclic) bond motifs is 1. The number of imidazole rings is 1. The fraction of sp³-hybridized carbons (Fsp3) is 0.538. The molecule has 0 fully saturated rings. The van der Waals surface area contributed by atoms with Crippen LogP contribution in [0.5, 0.6) is 5.88 Å². The highest BCUT2D eigenvalue weighted by molar-refractivity contribution is 7.84. The lowest BCUT2D eigenvalue weighted by molar-refractivity contribution is 0.399. The van der Waals surface area contributed by atoms with E-state index in [-0.39, 0.29) is 10.6 Å². The fourth-order valence-corrected chi connectivity index (χ4v) is 2.49. The summed E-state index contributed by atoms with van der Waals surface area (Å²) >= 11 is 6.20. The molecule has 2 aromatic heterocycles. The lowest BCUT2D eigenvalue weighted by atomic mass is 10.4. The molecule has 2 aromatic rings. The van der Waals surface area contributed by atoms with Gasteiger partial charge in [0.2, 0.25) is 5.88 Å². The van der Waals surface area contributed by atoms with E-state index >= 15 is 0 Å². The summed E-state index contributed by atoms with van der Waals surface area (Å²) in [6, 6.07) is 3.62. The zero-order valence-corrected chi connectivity index (χ0v) is 13.5. The number of methoxy groups -OCH3 is 1. The van der Waals surface area contributed by atoms with Gasteiger partial charge >= 0.3 is 0 Å². The Morgan fingerprint density at radius 1 is 1.40 bits per heavy atom. The average molecular weight is 316 g/mol. The molecule has 3 unspecified atom stereocenters. The first-order valence-electron chi connectivity index (χ1n) is 6.31. The number of hydrogen-bond acceptors (Lipinski definition) is 4. The molecule has 2 heterocycles. The number of aromatic nitrogens is 3. The quantitative estimate of drug-likeness (QED) is 0.796. The molecule has 3 atom stereocenters. The van der Waals surface area contributed by atoms with Crippen LogP contribution < -0.4 is 4.74 Å². The number of rotatable bonds is 5. The lowest BCUT2D eigenvalue weighted by Crippen LogP contribution is -2.19. The highest BCUT2D eigenvalue weighted by Crippen LogP contribution is 2.25. The molecule has 110 valence electrons. The second kappa shape index (κ2) is 6.10. The minimum Gasteiger partial charge on any atom is -0.481 e. The van der Waals surface area contributed by atoms with Crippen molar-refractivity contribution in [3.8, 4) is 5.88 Å². The van der Waals surface area contributed by atoms with E-state index in [1.54, 1.807) is 19.4 Å². The van der Waals surface area contributed by atoms with Gasteiger partial charge in [-0.1, -0.05) is 0 Å². The summed E-state index contributed by atoms with van der Waals surface area (Å²) < 4.78 is 18.7. The third-order valence-corrected chi connectivity index (χ3v) is 4.64. The molecule has 5 nitrogen and oxygen atoms in total. The largest absolute Gasteiger partial charge is 0.481 e. The van der Waals surface area contributed by atoms with Crippen LogP contribution in [0.1, 0.15) is 25.0 Å². The normalized spacial score (nSPS) is 16.1. The molecule has 0 amide bonds. The standard InChI is InChI=1S/C13H18ClN3O2S/c1-8(20(4)18)7-17-12(9(2)14)15-10-5-6-11(19-3)16-13(10)17/h5-6,8-9H,7H2,1-4H3. The maximum Gasteiger partial charge on any atom is 0.215 e. The minimum atomic E-state index is -0.917. The van der Waals surface area contributed by atoms with Crippen LogP contribution in [0.2, 0.25) is 0 Å². The van der Waals surface area contributed by atoms with Crippen molar-refractivity contribution in [1.82, 2.24) is 14.5 Å². The van der Waals surface area contributed by atoms with E-state index in [1.807, 2.05) is 24.5 Å². The molecule has 0 aliphatic heterocycles. The Kier molecular flexibility index (Phi) is 4.65. The summed E-state index contributed by atoms with van der Waals surface area (Å²) in [7, 11) is 0.656. The molecule has 0 N–H and O–H groups in total. The van der Waals surface area contributed by atoms with Gasteiger partial charge in [0.05, 0.1) is 12.5 Å². The molecule has 0 bridgehead atoms. The van der Waals surface area contributed by atoms with Gasteiger partial charge < -0.3 is 9.30 Å². The van der Waals surface area contributed by atoms with Gasteiger partial charge in [0.15, 0.2) is 5.65 Å². The SMILES string of the molecule is COc1ccc2nc(C(C)Cl)n(CC(C)S(C)=O)c2n1. The Labute approximate surface area is 125 Å². The van der Waals surface area contributed by atoms with Crippen molar-refractivity contribution < 1.29 is 8.95 Å². The van der Waals surface area contributed by atoms with Crippen molar-refractivity contribution >= 4 is 33.6 Å². The maximum absolute atomic E-state index is 11.6. The van der Waals surface area contributed by atoms with Crippen LogP contribution in [-0.2, 0) is 17.3 Å². The zero-order valence-electron chi connectivity index (χ0n) is 12.0. The second-order valence-electron chi connectivity index (χ2n) is 4.70. The van der Waals surface area contributed by atoms with Crippen LogP contribution in [0.4, 0.5) is 0 Å². The summed E-state index contributed by atoms with van der Waals surface area (Å²) in [5.74, 6) is 1.26. The van der Waals surface area contributed by atoms with Crippen molar-refractivity contribution in [2.75, 3.05) is 13.4 Å². The molecule has 0 saturated carbocycles. The first kappa shape index (κ1) is 15.3. The number of alkyl halides is 1. The van der Waals surface area contributed by atoms with Crippen molar-refractivity contribution in [3.63, 3.8) is 0 Å². The minimum absolute atomic E-state index is 0.00503. The van der Waals surface area contributed by atoms with Crippen LogP contribution in [0.3, 0.4) is 0 Å². The highest BCUT2D eigenvalue weighted by Gasteiger charge is 2.19. The van der Waals surface area contributed by atoms with E-state index in [1.165, 1.54) is 0 Å². The van der Waals surface area contributed by atoms with Gasteiger partial charge in [-0.2, -0.15) is 4.98 Å². The van der Waals surface area contributed by atoms with Crippen LogP contribution in [0, 0.1) is 0 Å². The Morgan fingerprint density at radius 2 is 2.10 bits per heavy atom. The smallest absolute Gasteiger partial charge is 0.215 e. The van der Waals surface area contributed by atoms with E-state index in [0.717, 1.165) is 11.3 Å². The number of halogens is 1. The summed E-state index contributed by atoms with van der Waals surface area (Å²) in [5, 5.41) is -0.248. The van der Waals surface area contributed by atoms with Crippen LogP contribution in [0.15, 0.2) is 12.1 Å². The molecule has 0 saturated heterocycles. The van der Waals surface area contributed by atoms with Crippen molar-refractivity contribution in [3.05, 3.63) is 18.0 Å². The average Bonchev–Trinajstić information content (AvgIpc) is 2.76. The topological polar surface area (TPSA) is 57.0 Å². The zero-order chi connectivity index (χ0) is 14.9. The summed E-state index contributed by atoms with van der Waals surface area (Å²) in [6.45, 7) is 4.36. The Bertz CT molecular complexity index is 642. The molecule has 2 rings (SSSR count). The monoisotopic (exact) mass is 315 g/mol. The Hall–Kier alpha value is -1.14. The van der Waals surface area contributed by atoms with Gasteiger partial charge in [0, 0.05) is 34.9 Å². The molecule has 0 spiro atoms. The number of hydrogen-bond donors (Lipinski definition) is 0.